The summed E-state index contributed by atoms with van der Waals surface area (Å²) in [5.74, 6) is 1.54. The third-order valence-corrected chi connectivity index (χ3v) is 4.91. The van der Waals surface area contributed by atoms with Crippen LogP contribution in [0, 0.1) is 0 Å². The first-order valence-electron chi connectivity index (χ1n) is 9.63. The van der Waals surface area contributed by atoms with E-state index in [2.05, 4.69) is 20.2 Å². The molecule has 1 N–H and O–H groups in total. The van der Waals surface area contributed by atoms with Crippen molar-refractivity contribution in [1.29, 1.82) is 0 Å². The number of carbonyl (C=O) groups is 1. The number of hydrogen-bond donors (Lipinski definition) is 1. The minimum Gasteiger partial charge on any atom is -0.436 e. The zero-order chi connectivity index (χ0) is 20.8. The van der Waals surface area contributed by atoms with Crippen molar-refractivity contribution in [2.75, 3.05) is 31.2 Å². The molecule has 0 saturated carbocycles. The molecule has 154 valence electrons. The van der Waals surface area contributed by atoms with Crippen LogP contribution in [0.4, 0.5) is 5.82 Å². The molecule has 0 bridgehead atoms. The van der Waals surface area contributed by atoms with Gasteiger partial charge in [-0.3, -0.25) is 4.79 Å². The predicted molar refractivity (Wildman–Crippen MR) is 114 cm³/mol. The number of carbonyl (C=O) groups excluding carboxylic acids is 1. The molecule has 0 spiro atoms. The topological polar surface area (TPSA) is 76.6 Å². The number of rotatable bonds is 6. The summed E-state index contributed by atoms with van der Waals surface area (Å²) < 4.78 is 11.3. The zero-order valence-corrected chi connectivity index (χ0v) is 17.0. The lowest BCUT2D eigenvalue weighted by Gasteiger charge is -2.28. The van der Waals surface area contributed by atoms with Gasteiger partial charge in [-0.25, -0.2) is 9.97 Å². The highest BCUT2D eigenvalue weighted by Crippen LogP contribution is 2.28. The molecule has 0 unspecified atom stereocenters. The Hall–Kier alpha value is -3.16. The number of morpholine rings is 1. The van der Waals surface area contributed by atoms with Crippen LogP contribution in [0.25, 0.3) is 0 Å². The molecule has 0 radical (unpaired) electrons. The molecule has 1 aliphatic rings. The number of hydrogen-bond acceptors (Lipinski definition) is 6. The molecule has 30 heavy (non-hydrogen) atoms. The van der Waals surface area contributed by atoms with Crippen LogP contribution < -0.4 is 15.0 Å². The quantitative estimate of drug-likeness (QED) is 0.650. The van der Waals surface area contributed by atoms with Gasteiger partial charge < -0.3 is 19.7 Å². The maximum absolute atomic E-state index is 12.4. The van der Waals surface area contributed by atoms with Crippen molar-refractivity contribution in [3.05, 3.63) is 77.1 Å². The van der Waals surface area contributed by atoms with Gasteiger partial charge in [0.05, 0.1) is 13.2 Å². The second-order valence-corrected chi connectivity index (χ2v) is 7.16. The van der Waals surface area contributed by atoms with Crippen LogP contribution in [-0.4, -0.2) is 42.2 Å². The Kier molecular flexibility index (Phi) is 6.41. The van der Waals surface area contributed by atoms with Crippen LogP contribution in [0.1, 0.15) is 15.9 Å². The number of halogens is 1. The van der Waals surface area contributed by atoms with E-state index in [-0.39, 0.29) is 5.91 Å². The van der Waals surface area contributed by atoms with E-state index in [1.807, 2.05) is 12.1 Å². The fourth-order valence-corrected chi connectivity index (χ4v) is 3.18. The van der Waals surface area contributed by atoms with Gasteiger partial charge in [0.2, 0.25) is 0 Å². The van der Waals surface area contributed by atoms with Crippen LogP contribution >= 0.6 is 11.6 Å². The Balaban J connectivity index is 1.39. The van der Waals surface area contributed by atoms with Crippen molar-refractivity contribution in [2.24, 2.45) is 0 Å². The minimum atomic E-state index is -0.162. The van der Waals surface area contributed by atoms with Gasteiger partial charge in [-0.2, -0.15) is 0 Å². The summed E-state index contributed by atoms with van der Waals surface area (Å²) in [5.41, 5.74) is 1.52. The molecule has 0 aliphatic carbocycles. The Bertz CT molecular complexity index is 990. The Morgan fingerprint density at radius 1 is 1.03 bits per heavy atom. The maximum Gasteiger partial charge on any atom is 0.263 e. The standard InChI is InChI=1S/C22H21ClN4O3/c23-18-5-1-16(2-6-18)15-26-21(28)17-3-7-19(8-4-17)30-22-20(24-9-10-25-22)27-11-13-29-14-12-27/h1-10H,11-15H2,(H,26,28). The van der Waals surface area contributed by atoms with Crippen LogP contribution in [0.2, 0.25) is 5.02 Å². The average Bonchev–Trinajstić information content (AvgIpc) is 2.80. The highest BCUT2D eigenvalue weighted by molar-refractivity contribution is 6.30. The zero-order valence-electron chi connectivity index (χ0n) is 16.3. The number of amides is 1. The molecule has 2 aromatic carbocycles. The van der Waals surface area contributed by atoms with Gasteiger partial charge in [-0.05, 0) is 42.0 Å². The highest BCUT2D eigenvalue weighted by atomic mass is 35.5. The lowest BCUT2D eigenvalue weighted by molar-refractivity contribution is 0.0951. The first kappa shape index (κ1) is 20.1. The van der Waals surface area contributed by atoms with Crippen LogP contribution in [0.5, 0.6) is 11.6 Å². The second-order valence-electron chi connectivity index (χ2n) is 6.72. The number of nitrogens with zero attached hydrogens (tertiary/aromatic N) is 3. The number of ether oxygens (including phenoxy) is 2. The highest BCUT2D eigenvalue weighted by Gasteiger charge is 2.18. The summed E-state index contributed by atoms with van der Waals surface area (Å²) in [4.78, 5) is 23.2. The Labute approximate surface area is 179 Å². The molecule has 4 rings (SSSR count). The molecule has 1 fully saturated rings. The van der Waals surface area contributed by atoms with Gasteiger partial charge in [-0.15, -0.1) is 0 Å². The van der Waals surface area contributed by atoms with Crippen LogP contribution in [-0.2, 0) is 11.3 Å². The minimum absolute atomic E-state index is 0.162. The van der Waals surface area contributed by atoms with Gasteiger partial charge in [0, 0.05) is 42.6 Å². The van der Waals surface area contributed by atoms with E-state index in [0.717, 1.165) is 18.7 Å². The van der Waals surface area contributed by atoms with Gasteiger partial charge in [-0.1, -0.05) is 23.7 Å². The number of anilines is 1. The fraction of sp³-hybridized carbons (Fsp3) is 0.227. The lowest BCUT2D eigenvalue weighted by atomic mass is 10.2. The van der Waals surface area contributed by atoms with Gasteiger partial charge in [0.15, 0.2) is 5.82 Å². The molecule has 2 heterocycles. The second kappa shape index (κ2) is 9.56. The molecular weight excluding hydrogens is 404 g/mol. The normalized spacial score (nSPS) is 13.7. The van der Waals surface area contributed by atoms with Crippen molar-refractivity contribution < 1.29 is 14.3 Å². The SMILES string of the molecule is O=C(NCc1ccc(Cl)cc1)c1ccc(Oc2nccnc2N2CCOCC2)cc1. The fourth-order valence-electron chi connectivity index (χ4n) is 3.05. The summed E-state index contributed by atoms with van der Waals surface area (Å²) in [6.45, 7) is 3.20. The molecule has 8 heteroatoms. The number of nitrogens with one attached hydrogen (secondary N) is 1. The summed E-state index contributed by atoms with van der Waals surface area (Å²) in [6, 6.07) is 14.3. The van der Waals surface area contributed by atoms with Crippen molar-refractivity contribution in [3.63, 3.8) is 0 Å². The average molecular weight is 425 g/mol. The first-order valence-corrected chi connectivity index (χ1v) is 10.0. The number of benzene rings is 2. The first-order chi connectivity index (χ1) is 14.7. The van der Waals surface area contributed by atoms with E-state index in [9.17, 15) is 4.79 Å². The summed E-state index contributed by atoms with van der Waals surface area (Å²) in [5, 5.41) is 3.56. The summed E-state index contributed by atoms with van der Waals surface area (Å²) >= 11 is 5.88. The number of aromatic nitrogens is 2. The van der Waals surface area contributed by atoms with E-state index < -0.39 is 0 Å². The third kappa shape index (κ3) is 5.06. The monoisotopic (exact) mass is 424 g/mol. The van der Waals surface area contributed by atoms with Crippen molar-refractivity contribution in [1.82, 2.24) is 15.3 Å². The molecular formula is C22H21ClN4O3. The van der Waals surface area contributed by atoms with E-state index in [0.29, 0.717) is 47.8 Å². The van der Waals surface area contributed by atoms with E-state index in [1.165, 1.54) is 0 Å². The van der Waals surface area contributed by atoms with E-state index in [1.54, 1.807) is 48.8 Å². The molecule has 1 amide bonds. The summed E-state index contributed by atoms with van der Waals surface area (Å²) in [6.07, 6.45) is 3.24. The smallest absolute Gasteiger partial charge is 0.263 e. The van der Waals surface area contributed by atoms with Crippen molar-refractivity contribution >= 4 is 23.3 Å². The van der Waals surface area contributed by atoms with E-state index in [4.69, 9.17) is 21.1 Å². The van der Waals surface area contributed by atoms with Crippen LogP contribution in [0.3, 0.4) is 0 Å². The largest absolute Gasteiger partial charge is 0.436 e. The van der Waals surface area contributed by atoms with Crippen molar-refractivity contribution in [2.45, 2.75) is 6.54 Å². The van der Waals surface area contributed by atoms with Gasteiger partial charge >= 0.3 is 0 Å². The van der Waals surface area contributed by atoms with Gasteiger partial charge in [0.25, 0.3) is 11.8 Å². The van der Waals surface area contributed by atoms with E-state index >= 15 is 0 Å². The van der Waals surface area contributed by atoms with Crippen LogP contribution in [0.15, 0.2) is 60.9 Å². The van der Waals surface area contributed by atoms with Gasteiger partial charge in [0.1, 0.15) is 5.75 Å². The Morgan fingerprint density at radius 3 is 2.47 bits per heavy atom. The lowest BCUT2D eigenvalue weighted by Crippen LogP contribution is -2.37. The molecule has 0 atom stereocenters. The maximum atomic E-state index is 12.4. The molecule has 7 nitrogen and oxygen atoms in total. The molecule has 1 saturated heterocycles. The summed E-state index contributed by atoms with van der Waals surface area (Å²) in [7, 11) is 0. The molecule has 1 aliphatic heterocycles. The Morgan fingerprint density at radius 2 is 1.73 bits per heavy atom. The van der Waals surface area contributed by atoms with Crippen molar-refractivity contribution in [3.8, 4) is 11.6 Å². The predicted octanol–water partition coefficient (Wildman–Crippen LogP) is 3.69. The molecule has 3 aromatic rings. The third-order valence-electron chi connectivity index (χ3n) is 4.65. The molecule has 1 aromatic heterocycles.